The monoisotopic (exact) mass is 377 g/mol. The Morgan fingerprint density at radius 3 is 2.42 bits per heavy atom. The molecule has 0 aliphatic carbocycles. The van der Waals surface area contributed by atoms with E-state index in [2.05, 4.69) is 5.32 Å². The van der Waals surface area contributed by atoms with Crippen molar-refractivity contribution in [3.8, 4) is 0 Å². The van der Waals surface area contributed by atoms with Crippen LogP contribution >= 0.6 is 23.4 Å². The van der Waals surface area contributed by atoms with Crippen molar-refractivity contribution in [2.75, 3.05) is 11.1 Å². The Balaban J connectivity index is 1.96. The second kappa shape index (κ2) is 7.90. The maximum absolute atomic E-state index is 12.9. The van der Waals surface area contributed by atoms with Crippen LogP contribution in [0.3, 0.4) is 0 Å². The summed E-state index contributed by atoms with van der Waals surface area (Å²) in [5.41, 5.74) is -0.631. The number of anilines is 1. The van der Waals surface area contributed by atoms with Crippen LogP contribution < -0.4 is 5.32 Å². The van der Waals surface area contributed by atoms with Crippen LogP contribution in [0, 0.1) is 5.82 Å². The number of para-hydroxylation sites is 1. The summed E-state index contributed by atoms with van der Waals surface area (Å²) >= 11 is 6.97. The van der Waals surface area contributed by atoms with Gasteiger partial charge in [0.05, 0.1) is 22.0 Å². The Kier molecular flexibility index (Phi) is 6.12. The van der Waals surface area contributed by atoms with Crippen molar-refractivity contribution < 1.29 is 22.4 Å². The van der Waals surface area contributed by atoms with E-state index < -0.39 is 23.3 Å². The number of rotatable bonds is 5. The SMILES string of the molecule is O=C(CSCc1ccc(F)cc1)Nc1c(Cl)cccc1C(F)(F)F. The summed E-state index contributed by atoms with van der Waals surface area (Å²) in [4.78, 5) is 11.9. The number of carbonyl (C=O) groups excluding carboxylic acids is 1. The molecule has 0 spiro atoms. The van der Waals surface area contributed by atoms with E-state index in [0.717, 1.165) is 11.6 Å². The minimum Gasteiger partial charge on any atom is -0.324 e. The zero-order valence-corrected chi connectivity index (χ0v) is 13.7. The number of hydrogen-bond acceptors (Lipinski definition) is 2. The van der Waals surface area contributed by atoms with Crippen molar-refractivity contribution >= 4 is 35.0 Å². The van der Waals surface area contributed by atoms with E-state index in [-0.39, 0.29) is 16.6 Å². The van der Waals surface area contributed by atoms with Gasteiger partial charge in [-0.2, -0.15) is 13.2 Å². The molecule has 2 aromatic carbocycles. The highest BCUT2D eigenvalue weighted by Crippen LogP contribution is 2.38. The molecule has 0 atom stereocenters. The minimum absolute atomic E-state index is 0.0557. The summed E-state index contributed by atoms with van der Waals surface area (Å²) in [7, 11) is 0. The van der Waals surface area contributed by atoms with Gasteiger partial charge in [0.25, 0.3) is 0 Å². The number of hydrogen-bond donors (Lipinski definition) is 1. The predicted octanol–water partition coefficient (Wildman–Crippen LogP) is 5.37. The Labute approximate surface area is 145 Å². The van der Waals surface area contributed by atoms with Crippen LogP contribution in [-0.4, -0.2) is 11.7 Å². The first-order chi connectivity index (χ1) is 11.3. The number of carbonyl (C=O) groups is 1. The van der Waals surface area contributed by atoms with Gasteiger partial charge in [0.15, 0.2) is 0 Å². The van der Waals surface area contributed by atoms with E-state index in [4.69, 9.17) is 11.6 Å². The standard InChI is InChI=1S/C16H12ClF4NOS/c17-13-3-1-2-12(16(19,20)21)15(13)22-14(23)9-24-8-10-4-6-11(18)7-5-10/h1-7H,8-9H2,(H,22,23). The lowest BCUT2D eigenvalue weighted by atomic mass is 10.1. The number of thioether (sulfide) groups is 1. The highest BCUT2D eigenvalue weighted by atomic mass is 35.5. The van der Waals surface area contributed by atoms with Gasteiger partial charge in [-0.05, 0) is 29.8 Å². The Morgan fingerprint density at radius 2 is 1.79 bits per heavy atom. The van der Waals surface area contributed by atoms with Gasteiger partial charge >= 0.3 is 6.18 Å². The normalized spacial score (nSPS) is 11.4. The third kappa shape index (κ3) is 5.14. The molecule has 0 fully saturated rings. The summed E-state index contributed by atoms with van der Waals surface area (Å²) in [6, 6.07) is 9.06. The molecule has 0 aliphatic heterocycles. The van der Waals surface area contributed by atoms with E-state index in [9.17, 15) is 22.4 Å². The molecule has 2 rings (SSSR count). The summed E-state index contributed by atoms with van der Waals surface area (Å²) in [5, 5.41) is 2.03. The zero-order chi connectivity index (χ0) is 17.7. The van der Waals surface area contributed by atoms with Crippen LogP contribution in [0.2, 0.25) is 5.02 Å². The van der Waals surface area contributed by atoms with Gasteiger partial charge in [-0.15, -0.1) is 11.8 Å². The molecule has 0 saturated carbocycles. The van der Waals surface area contributed by atoms with Crippen molar-refractivity contribution in [3.05, 3.63) is 64.4 Å². The average molecular weight is 378 g/mol. The molecule has 0 aliphatic rings. The van der Waals surface area contributed by atoms with Gasteiger partial charge in [0.1, 0.15) is 5.82 Å². The fraction of sp³-hybridized carbons (Fsp3) is 0.188. The van der Waals surface area contributed by atoms with Gasteiger partial charge in [0, 0.05) is 5.75 Å². The highest BCUT2D eigenvalue weighted by Gasteiger charge is 2.34. The lowest BCUT2D eigenvalue weighted by Crippen LogP contribution is -2.18. The van der Waals surface area contributed by atoms with E-state index in [1.54, 1.807) is 12.1 Å². The Morgan fingerprint density at radius 1 is 1.12 bits per heavy atom. The molecule has 0 aromatic heterocycles. The van der Waals surface area contributed by atoms with Gasteiger partial charge in [-0.3, -0.25) is 4.79 Å². The van der Waals surface area contributed by atoms with Crippen LogP contribution in [0.1, 0.15) is 11.1 Å². The predicted molar refractivity (Wildman–Crippen MR) is 87.6 cm³/mol. The molecule has 0 unspecified atom stereocenters. The largest absolute Gasteiger partial charge is 0.418 e. The molecular weight excluding hydrogens is 366 g/mol. The molecule has 1 N–H and O–H groups in total. The van der Waals surface area contributed by atoms with Crippen molar-refractivity contribution in [2.45, 2.75) is 11.9 Å². The van der Waals surface area contributed by atoms with Gasteiger partial charge < -0.3 is 5.32 Å². The van der Waals surface area contributed by atoms with E-state index >= 15 is 0 Å². The maximum atomic E-state index is 12.9. The molecule has 1 amide bonds. The fourth-order valence-electron chi connectivity index (χ4n) is 1.91. The molecular formula is C16H12ClF4NOS. The van der Waals surface area contributed by atoms with E-state index in [1.165, 1.54) is 36.0 Å². The van der Waals surface area contributed by atoms with Crippen LogP contribution in [0.25, 0.3) is 0 Å². The highest BCUT2D eigenvalue weighted by molar-refractivity contribution is 7.99. The van der Waals surface area contributed by atoms with Crippen LogP contribution in [0.15, 0.2) is 42.5 Å². The van der Waals surface area contributed by atoms with Crippen LogP contribution in [-0.2, 0) is 16.7 Å². The van der Waals surface area contributed by atoms with Crippen LogP contribution in [0.4, 0.5) is 23.2 Å². The molecule has 0 radical (unpaired) electrons. The third-order valence-electron chi connectivity index (χ3n) is 3.00. The number of halogens is 5. The lowest BCUT2D eigenvalue weighted by Gasteiger charge is -2.15. The molecule has 24 heavy (non-hydrogen) atoms. The molecule has 0 saturated heterocycles. The van der Waals surface area contributed by atoms with E-state index in [0.29, 0.717) is 5.75 Å². The van der Waals surface area contributed by atoms with Crippen LogP contribution in [0.5, 0.6) is 0 Å². The molecule has 0 bridgehead atoms. The van der Waals surface area contributed by atoms with Crippen molar-refractivity contribution in [1.29, 1.82) is 0 Å². The molecule has 2 aromatic rings. The first-order valence-corrected chi connectivity index (χ1v) is 8.28. The number of amides is 1. The summed E-state index contributed by atoms with van der Waals surface area (Å²) < 4.78 is 51.6. The second-order valence-corrected chi connectivity index (χ2v) is 6.22. The van der Waals surface area contributed by atoms with Gasteiger partial charge in [0.2, 0.25) is 5.91 Å². The van der Waals surface area contributed by atoms with Gasteiger partial charge in [-0.1, -0.05) is 29.8 Å². The van der Waals surface area contributed by atoms with Crippen molar-refractivity contribution in [2.24, 2.45) is 0 Å². The quantitative estimate of drug-likeness (QED) is 0.710. The molecule has 0 heterocycles. The number of alkyl halides is 3. The van der Waals surface area contributed by atoms with Crippen molar-refractivity contribution in [1.82, 2.24) is 0 Å². The molecule has 8 heteroatoms. The minimum atomic E-state index is -4.62. The molecule has 128 valence electrons. The third-order valence-corrected chi connectivity index (χ3v) is 4.32. The van der Waals surface area contributed by atoms with Crippen molar-refractivity contribution in [3.63, 3.8) is 0 Å². The van der Waals surface area contributed by atoms with Gasteiger partial charge in [-0.25, -0.2) is 4.39 Å². The lowest BCUT2D eigenvalue weighted by molar-refractivity contribution is -0.137. The molecule has 2 nitrogen and oxygen atoms in total. The summed E-state index contributed by atoms with van der Waals surface area (Å²) in [6.07, 6.45) is -4.62. The first kappa shape index (κ1) is 18.6. The maximum Gasteiger partial charge on any atom is 0.418 e. The van der Waals surface area contributed by atoms with E-state index in [1.807, 2.05) is 0 Å². The number of nitrogens with one attached hydrogen (secondary N) is 1. The zero-order valence-electron chi connectivity index (χ0n) is 12.2. The summed E-state index contributed by atoms with van der Waals surface area (Å²) in [6.45, 7) is 0. The fourth-order valence-corrected chi connectivity index (χ4v) is 2.91. The summed E-state index contributed by atoms with van der Waals surface area (Å²) in [5.74, 6) is -0.581. The Hall–Kier alpha value is -1.73. The smallest absolute Gasteiger partial charge is 0.324 e. The Bertz CT molecular complexity index is 719. The topological polar surface area (TPSA) is 29.1 Å². The number of benzene rings is 2. The second-order valence-electron chi connectivity index (χ2n) is 4.83. The average Bonchev–Trinajstić information content (AvgIpc) is 2.50. The first-order valence-electron chi connectivity index (χ1n) is 6.75.